The number of guanidine groups is 1. The topological polar surface area (TPSA) is 40.5 Å². The van der Waals surface area contributed by atoms with Gasteiger partial charge in [-0.1, -0.05) is 27.7 Å². The Bertz CT molecular complexity index is 490. The van der Waals surface area contributed by atoms with Gasteiger partial charge >= 0.3 is 0 Å². The molecule has 0 atom stereocenters. The molecule has 1 saturated heterocycles. The summed E-state index contributed by atoms with van der Waals surface area (Å²) in [6.07, 6.45) is 2.19. The minimum atomic E-state index is 0.401. The minimum absolute atomic E-state index is 0.401. The number of nitrogens with zero attached hydrogens (tertiary/aromatic N) is 3. The van der Waals surface area contributed by atoms with Gasteiger partial charge in [-0.25, -0.2) is 4.98 Å². The molecule has 5 heteroatoms. The maximum Gasteiger partial charge on any atom is 0.193 e. The van der Waals surface area contributed by atoms with Crippen LogP contribution in [-0.2, 0) is 6.42 Å². The van der Waals surface area contributed by atoms with Gasteiger partial charge in [-0.05, 0) is 11.8 Å². The molecule has 0 aliphatic carbocycles. The van der Waals surface area contributed by atoms with Crippen molar-refractivity contribution in [2.24, 2.45) is 10.4 Å². The number of hydrogen-bond donors (Lipinski definition) is 1. The number of likely N-dealkylation sites (tertiary alicyclic amines) is 1. The highest BCUT2D eigenvalue weighted by atomic mass is 32.1. The van der Waals surface area contributed by atoms with E-state index in [4.69, 9.17) is 0 Å². The van der Waals surface area contributed by atoms with Crippen molar-refractivity contribution in [3.05, 3.63) is 16.1 Å². The van der Waals surface area contributed by atoms with Crippen molar-refractivity contribution < 1.29 is 0 Å². The van der Waals surface area contributed by atoms with Crippen molar-refractivity contribution in [2.75, 3.05) is 26.7 Å². The predicted molar refractivity (Wildman–Crippen MR) is 91.2 cm³/mol. The van der Waals surface area contributed by atoms with Gasteiger partial charge in [0.15, 0.2) is 5.96 Å². The van der Waals surface area contributed by atoms with Crippen LogP contribution < -0.4 is 5.32 Å². The molecule has 2 rings (SSSR count). The van der Waals surface area contributed by atoms with E-state index in [1.54, 1.807) is 11.3 Å². The molecule has 1 fully saturated rings. The van der Waals surface area contributed by atoms with Gasteiger partial charge in [-0.15, -0.1) is 11.3 Å². The van der Waals surface area contributed by atoms with Crippen LogP contribution in [-0.4, -0.2) is 42.5 Å². The first-order valence-corrected chi connectivity index (χ1v) is 8.69. The Morgan fingerprint density at radius 1 is 1.52 bits per heavy atom. The molecule has 0 unspecified atom stereocenters. The molecule has 118 valence electrons. The molecule has 1 aromatic rings. The van der Waals surface area contributed by atoms with Crippen LogP contribution in [0.2, 0.25) is 0 Å². The fourth-order valence-electron chi connectivity index (χ4n) is 2.63. The molecule has 0 aromatic carbocycles. The lowest BCUT2D eigenvalue weighted by molar-refractivity contribution is 0.370. The van der Waals surface area contributed by atoms with Crippen LogP contribution in [0.4, 0.5) is 0 Å². The molecule has 0 amide bonds. The Morgan fingerprint density at radius 2 is 2.29 bits per heavy atom. The molecule has 1 aliphatic heterocycles. The third kappa shape index (κ3) is 4.43. The number of thiazole rings is 1. The van der Waals surface area contributed by atoms with Gasteiger partial charge in [0.1, 0.15) is 0 Å². The van der Waals surface area contributed by atoms with Gasteiger partial charge in [0.05, 0.1) is 10.7 Å². The van der Waals surface area contributed by atoms with E-state index in [-0.39, 0.29) is 0 Å². The Morgan fingerprint density at radius 3 is 2.81 bits per heavy atom. The minimum Gasteiger partial charge on any atom is -0.356 e. The fraction of sp³-hybridized carbons (Fsp3) is 0.750. The molecule has 21 heavy (non-hydrogen) atoms. The maximum absolute atomic E-state index is 4.68. The molecule has 1 N–H and O–H groups in total. The third-order valence-corrected chi connectivity index (χ3v) is 5.11. The van der Waals surface area contributed by atoms with Gasteiger partial charge in [0.25, 0.3) is 0 Å². The summed E-state index contributed by atoms with van der Waals surface area (Å²) >= 11 is 1.77. The van der Waals surface area contributed by atoms with Crippen LogP contribution in [0.1, 0.15) is 50.7 Å². The van der Waals surface area contributed by atoms with Crippen LogP contribution in [0.25, 0.3) is 0 Å². The average molecular weight is 308 g/mol. The zero-order valence-electron chi connectivity index (χ0n) is 13.9. The SMILES string of the molecule is CN=C(NCCc1csc(C(C)C)n1)N1CCC(C)(C)C1. The van der Waals surface area contributed by atoms with E-state index in [1.807, 2.05) is 7.05 Å². The third-order valence-electron chi connectivity index (χ3n) is 3.92. The first kappa shape index (κ1) is 16.3. The molecular weight excluding hydrogens is 280 g/mol. The Balaban J connectivity index is 1.81. The monoisotopic (exact) mass is 308 g/mol. The van der Waals surface area contributed by atoms with Crippen molar-refractivity contribution in [2.45, 2.75) is 46.5 Å². The lowest BCUT2D eigenvalue weighted by Gasteiger charge is -2.23. The first-order chi connectivity index (χ1) is 9.91. The largest absolute Gasteiger partial charge is 0.356 e. The summed E-state index contributed by atoms with van der Waals surface area (Å²) in [4.78, 5) is 11.5. The fourth-order valence-corrected chi connectivity index (χ4v) is 3.50. The number of aliphatic imine (C=N–C) groups is 1. The Labute approximate surface area is 132 Å². The molecular formula is C16H28N4S. The van der Waals surface area contributed by atoms with Gasteiger partial charge in [0.2, 0.25) is 0 Å². The molecule has 2 heterocycles. The normalized spacial score (nSPS) is 18.6. The van der Waals surface area contributed by atoms with Gasteiger partial charge < -0.3 is 10.2 Å². The number of hydrogen-bond acceptors (Lipinski definition) is 3. The summed E-state index contributed by atoms with van der Waals surface area (Å²) in [7, 11) is 1.87. The summed E-state index contributed by atoms with van der Waals surface area (Å²) in [6, 6.07) is 0. The van der Waals surface area contributed by atoms with Crippen LogP contribution in [0.15, 0.2) is 10.4 Å². The smallest absolute Gasteiger partial charge is 0.193 e. The second kappa shape index (κ2) is 6.77. The van der Waals surface area contributed by atoms with E-state index < -0.39 is 0 Å². The lowest BCUT2D eigenvalue weighted by atomic mass is 9.93. The highest BCUT2D eigenvalue weighted by Crippen LogP contribution is 2.28. The number of aromatic nitrogens is 1. The number of rotatable bonds is 4. The van der Waals surface area contributed by atoms with Crippen molar-refractivity contribution in [1.82, 2.24) is 15.2 Å². The summed E-state index contributed by atoms with van der Waals surface area (Å²) < 4.78 is 0. The molecule has 1 aliphatic rings. The van der Waals surface area contributed by atoms with Crippen molar-refractivity contribution in [3.63, 3.8) is 0 Å². The predicted octanol–water partition coefficient (Wildman–Crippen LogP) is 3.12. The van der Waals surface area contributed by atoms with E-state index in [1.165, 1.54) is 17.1 Å². The van der Waals surface area contributed by atoms with Crippen LogP contribution in [0.5, 0.6) is 0 Å². The molecule has 0 radical (unpaired) electrons. The molecule has 1 aromatic heterocycles. The standard InChI is InChI=1S/C16H28N4S/c1-12(2)14-19-13(10-21-14)6-8-18-15(17-5)20-9-7-16(3,4)11-20/h10,12H,6-9,11H2,1-5H3,(H,17,18). The van der Waals surface area contributed by atoms with Gasteiger partial charge in [0, 0.05) is 44.4 Å². The van der Waals surface area contributed by atoms with Crippen LogP contribution in [0.3, 0.4) is 0 Å². The second-order valence-corrected chi connectivity index (χ2v) is 7.78. The second-order valence-electron chi connectivity index (χ2n) is 6.89. The molecule has 0 spiro atoms. The van der Waals surface area contributed by atoms with E-state index >= 15 is 0 Å². The summed E-state index contributed by atoms with van der Waals surface area (Å²) in [6.45, 7) is 12.1. The molecule has 0 bridgehead atoms. The quantitative estimate of drug-likeness (QED) is 0.686. The van der Waals surface area contributed by atoms with Gasteiger partial charge in [-0.3, -0.25) is 4.99 Å². The van der Waals surface area contributed by atoms with E-state index in [0.29, 0.717) is 11.3 Å². The maximum atomic E-state index is 4.68. The summed E-state index contributed by atoms with van der Waals surface area (Å²) in [5, 5.41) is 6.89. The van der Waals surface area contributed by atoms with E-state index in [2.05, 4.69) is 53.3 Å². The van der Waals surface area contributed by atoms with E-state index in [0.717, 1.165) is 32.0 Å². The van der Waals surface area contributed by atoms with Crippen molar-refractivity contribution in [3.8, 4) is 0 Å². The van der Waals surface area contributed by atoms with Crippen LogP contribution in [0, 0.1) is 5.41 Å². The lowest BCUT2D eigenvalue weighted by Crippen LogP contribution is -2.41. The average Bonchev–Trinajstić information content (AvgIpc) is 3.01. The molecule has 4 nitrogen and oxygen atoms in total. The van der Waals surface area contributed by atoms with Crippen molar-refractivity contribution >= 4 is 17.3 Å². The van der Waals surface area contributed by atoms with Crippen molar-refractivity contribution in [1.29, 1.82) is 0 Å². The highest BCUT2D eigenvalue weighted by Gasteiger charge is 2.30. The van der Waals surface area contributed by atoms with E-state index in [9.17, 15) is 0 Å². The number of nitrogens with one attached hydrogen (secondary N) is 1. The zero-order chi connectivity index (χ0) is 15.5. The van der Waals surface area contributed by atoms with Gasteiger partial charge in [-0.2, -0.15) is 0 Å². The Kier molecular flexibility index (Phi) is 5.25. The summed E-state index contributed by atoms with van der Waals surface area (Å²) in [5.74, 6) is 1.55. The summed E-state index contributed by atoms with van der Waals surface area (Å²) in [5.41, 5.74) is 1.59. The van der Waals surface area contributed by atoms with Crippen LogP contribution >= 0.6 is 11.3 Å². The zero-order valence-corrected chi connectivity index (χ0v) is 14.8. The first-order valence-electron chi connectivity index (χ1n) is 7.81. The Hall–Kier alpha value is -1.10. The molecule has 0 saturated carbocycles. The highest BCUT2D eigenvalue weighted by molar-refractivity contribution is 7.09.